The van der Waals surface area contributed by atoms with Gasteiger partial charge in [0.2, 0.25) is 10.9 Å². The van der Waals surface area contributed by atoms with E-state index in [0.717, 1.165) is 0 Å². The molecule has 88 valence electrons. The molecule has 1 aromatic rings. The average molecular weight is 241 g/mol. The Morgan fingerprint density at radius 2 is 1.62 bits per heavy atom. The second-order valence-corrected chi connectivity index (χ2v) is 5.26. The molecule has 0 unspecified atom stereocenters. The van der Waals surface area contributed by atoms with E-state index in [-0.39, 0.29) is 5.78 Å². The molecular formula is C11H15NO3S. The molecule has 0 saturated carbocycles. The van der Waals surface area contributed by atoms with Crippen molar-refractivity contribution in [2.75, 3.05) is 4.72 Å². The Morgan fingerprint density at radius 3 is 2.00 bits per heavy atom. The van der Waals surface area contributed by atoms with E-state index in [1.165, 1.54) is 0 Å². The largest absolute Gasteiger partial charge is 0.294 e. The number of hydrogen-bond acceptors (Lipinski definition) is 3. The summed E-state index contributed by atoms with van der Waals surface area (Å²) in [6, 6.07) is 6.39. The normalized spacial score (nSPS) is 11.5. The monoisotopic (exact) mass is 241 g/mol. The minimum Gasteiger partial charge on any atom is -0.294 e. The highest BCUT2D eigenvalue weighted by Gasteiger charge is 2.22. The van der Waals surface area contributed by atoms with Gasteiger partial charge < -0.3 is 0 Å². The van der Waals surface area contributed by atoms with E-state index >= 15 is 0 Å². The Kier molecular flexibility index (Phi) is 3.70. The Morgan fingerprint density at radius 1 is 1.12 bits per heavy atom. The molecule has 0 saturated heterocycles. The van der Waals surface area contributed by atoms with E-state index in [1.807, 2.05) is 20.8 Å². The number of hydrogen-bond donors (Lipinski definition) is 2. The summed E-state index contributed by atoms with van der Waals surface area (Å²) in [5.74, 6) is 0.0329. The number of anilines is 1. The molecule has 4 nitrogen and oxygen atoms in total. The molecule has 0 aliphatic heterocycles. The first-order valence-corrected chi connectivity index (χ1v) is 6.04. The smallest absolute Gasteiger partial charge is 0.222 e. The summed E-state index contributed by atoms with van der Waals surface area (Å²) in [5.41, 5.74) is 0.610. The summed E-state index contributed by atoms with van der Waals surface area (Å²) in [4.78, 5) is 11.9. The number of rotatable bonds is 3. The second-order valence-electron chi connectivity index (χ2n) is 4.53. The Labute approximate surface area is 96.8 Å². The quantitative estimate of drug-likeness (QED) is 0.627. The molecule has 0 bridgehead atoms. The standard InChI is InChI=1S/C11H15NO3S/c1-11(2,3)10(13)8-4-6-9(7-5-8)12-16(14)15/h4-7,16H,1-3H3,(H,12,14,15). The number of thiol groups is 1. The molecule has 1 rings (SSSR count). The fraction of sp³-hybridized carbons (Fsp3) is 0.364. The van der Waals surface area contributed by atoms with Crippen LogP contribution in [0.1, 0.15) is 31.1 Å². The van der Waals surface area contributed by atoms with Gasteiger partial charge in [0.1, 0.15) is 0 Å². The van der Waals surface area contributed by atoms with Crippen molar-refractivity contribution in [2.24, 2.45) is 5.41 Å². The molecule has 0 aliphatic carbocycles. The van der Waals surface area contributed by atoms with Crippen molar-refractivity contribution in [2.45, 2.75) is 20.8 Å². The third-order valence-electron chi connectivity index (χ3n) is 2.05. The van der Waals surface area contributed by atoms with Gasteiger partial charge in [0.15, 0.2) is 5.78 Å². The fourth-order valence-electron chi connectivity index (χ4n) is 1.23. The van der Waals surface area contributed by atoms with Crippen LogP contribution in [0, 0.1) is 5.41 Å². The lowest BCUT2D eigenvalue weighted by Crippen LogP contribution is -2.20. The summed E-state index contributed by atoms with van der Waals surface area (Å²) in [6.45, 7) is 5.53. The van der Waals surface area contributed by atoms with Crippen LogP contribution in [0.25, 0.3) is 0 Å². The van der Waals surface area contributed by atoms with E-state index < -0.39 is 16.3 Å². The number of nitrogens with one attached hydrogen (secondary N) is 1. The predicted octanol–water partition coefficient (Wildman–Crippen LogP) is 1.85. The summed E-state index contributed by atoms with van der Waals surface area (Å²) < 4.78 is 23.1. The van der Waals surface area contributed by atoms with Crippen molar-refractivity contribution in [3.8, 4) is 0 Å². The van der Waals surface area contributed by atoms with Crippen LogP contribution in [0.2, 0.25) is 0 Å². The van der Waals surface area contributed by atoms with Gasteiger partial charge in [-0.3, -0.25) is 9.52 Å². The van der Waals surface area contributed by atoms with Crippen LogP contribution in [-0.4, -0.2) is 14.2 Å². The van der Waals surface area contributed by atoms with Crippen LogP contribution >= 0.6 is 0 Å². The van der Waals surface area contributed by atoms with Gasteiger partial charge >= 0.3 is 0 Å². The number of Topliss-reactive ketones (excluding diaryl/α,β-unsaturated/α-hetero) is 1. The first kappa shape index (κ1) is 12.7. The van der Waals surface area contributed by atoms with Gasteiger partial charge in [0, 0.05) is 16.7 Å². The number of benzene rings is 1. The van der Waals surface area contributed by atoms with Crippen molar-refractivity contribution >= 4 is 22.4 Å². The summed E-state index contributed by atoms with van der Waals surface area (Å²) in [5, 5.41) is 0. The highest BCUT2D eigenvalue weighted by molar-refractivity contribution is 7.73. The minimum atomic E-state index is -2.66. The molecule has 0 radical (unpaired) electrons. The maximum Gasteiger partial charge on any atom is 0.222 e. The van der Waals surface area contributed by atoms with E-state index in [9.17, 15) is 13.2 Å². The zero-order valence-corrected chi connectivity index (χ0v) is 10.4. The third kappa shape index (κ3) is 3.34. The van der Waals surface area contributed by atoms with Crippen LogP contribution in [-0.2, 0) is 10.9 Å². The highest BCUT2D eigenvalue weighted by atomic mass is 32.2. The lowest BCUT2D eigenvalue weighted by atomic mass is 9.86. The molecule has 0 amide bonds. The molecule has 1 aromatic carbocycles. The minimum absolute atomic E-state index is 0.0329. The Bertz CT molecular complexity index is 447. The van der Waals surface area contributed by atoms with E-state index in [4.69, 9.17) is 0 Å². The lowest BCUT2D eigenvalue weighted by molar-refractivity contribution is 0.0858. The van der Waals surface area contributed by atoms with Crippen molar-refractivity contribution < 1.29 is 13.2 Å². The van der Waals surface area contributed by atoms with Crippen LogP contribution in [0.4, 0.5) is 5.69 Å². The average Bonchev–Trinajstić information content (AvgIpc) is 2.15. The van der Waals surface area contributed by atoms with E-state index in [0.29, 0.717) is 11.3 Å². The Balaban J connectivity index is 2.91. The maximum atomic E-state index is 11.9. The van der Waals surface area contributed by atoms with Crippen molar-refractivity contribution in [1.29, 1.82) is 0 Å². The number of ketones is 1. The topological polar surface area (TPSA) is 63.2 Å². The molecule has 0 atom stereocenters. The molecule has 1 N–H and O–H groups in total. The highest BCUT2D eigenvalue weighted by Crippen LogP contribution is 2.21. The zero-order chi connectivity index (χ0) is 12.3. The van der Waals surface area contributed by atoms with Gasteiger partial charge in [0.05, 0.1) is 0 Å². The van der Waals surface area contributed by atoms with Gasteiger partial charge in [0.25, 0.3) is 0 Å². The van der Waals surface area contributed by atoms with Crippen LogP contribution in [0.5, 0.6) is 0 Å². The van der Waals surface area contributed by atoms with Gasteiger partial charge in [-0.25, -0.2) is 8.42 Å². The van der Waals surface area contributed by atoms with Crippen molar-refractivity contribution in [3.63, 3.8) is 0 Å². The van der Waals surface area contributed by atoms with Gasteiger partial charge in [-0.1, -0.05) is 20.8 Å². The van der Waals surface area contributed by atoms with E-state index in [2.05, 4.69) is 4.72 Å². The van der Waals surface area contributed by atoms with Crippen LogP contribution < -0.4 is 4.72 Å². The van der Waals surface area contributed by atoms with Crippen molar-refractivity contribution in [1.82, 2.24) is 0 Å². The molecule has 0 aliphatic rings. The summed E-state index contributed by atoms with van der Waals surface area (Å²) in [7, 11) is -2.66. The fourth-order valence-corrected chi connectivity index (χ4v) is 1.59. The number of carbonyl (C=O) groups is 1. The first-order valence-electron chi connectivity index (χ1n) is 4.86. The van der Waals surface area contributed by atoms with Gasteiger partial charge in [-0.15, -0.1) is 0 Å². The summed E-state index contributed by atoms with van der Waals surface area (Å²) >= 11 is 0. The molecular weight excluding hydrogens is 226 g/mol. The van der Waals surface area contributed by atoms with Gasteiger partial charge in [-0.05, 0) is 24.3 Å². The van der Waals surface area contributed by atoms with Crippen molar-refractivity contribution in [3.05, 3.63) is 29.8 Å². The zero-order valence-electron chi connectivity index (χ0n) is 9.48. The molecule has 0 spiro atoms. The SMILES string of the molecule is CC(C)(C)C(=O)c1ccc(N[SH](=O)=O)cc1. The molecule has 0 heterocycles. The molecule has 0 fully saturated rings. The third-order valence-corrected chi connectivity index (χ3v) is 2.49. The Hall–Kier alpha value is -1.36. The molecule has 0 aromatic heterocycles. The predicted molar refractivity (Wildman–Crippen MR) is 64.2 cm³/mol. The maximum absolute atomic E-state index is 11.9. The lowest BCUT2D eigenvalue weighted by Gasteiger charge is -2.16. The second kappa shape index (κ2) is 4.65. The molecule has 5 heteroatoms. The van der Waals surface area contributed by atoms with E-state index in [1.54, 1.807) is 24.3 Å². The van der Waals surface area contributed by atoms with Crippen LogP contribution in [0.15, 0.2) is 24.3 Å². The van der Waals surface area contributed by atoms with Crippen LogP contribution in [0.3, 0.4) is 0 Å². The molecule has 16 heavy (non-hydrogen) atoms. The number of carbonyl (C=O) groups excluding carboxylic acids is 1. The van der Waals surface area contributed by atoms with Gasteiger partial charge in [-0.2, -0.15) is 0 Å². The first-order chi connectivity index (χ1) is 7.30. The summed E-state index contributed by atoms with van der Waals surface area (Å²) in [6.07, 6.45) is 0.